The number of amides is 5. The monoisotopic (exact) mass is 698 g/mol. The van der Waals surface area contributed by atoms with E-state index in [1.807, 2.05) is 61.6 Å². The summed E-state index contributed by atoms with van der Waals surface area (Å²) < 4.78 is 0. The Morgan fingerprint density at radius 3 is 1.98 bits per heavy atom. The zero-order valence-electron chi connectivity index (χ0n) is 31.2. The Kier molecular flexibility index (Phi) is 20.3. The van der Waals surface area contributed by atoms with Gasteiger partial charge in [0.15, 0.2) is 0 Å². The number of nitrogens with one attached hydrogen (secondary N) is 5. The Labute approximate surface area is 293 Å². The lowest BCUT2D eigenvalue weighted by Crippen LogP contribution is -2.58. The predicted octanol–water partition coefficient (Wildman–Crippen LogP) is 2.29. The highest BCUT2D eigenvalue weighted by atomic mass is 32.2. The van der Waals surface area contributed by atoms with Crippen molar-refractivity contribution >= 4 is 41.3 Å². The maximum absolute atomic E-state index is 13.8. The lowest BCUT2D eigenvalue weighted by Gasteiger charge is -2.34. The van der Waals surface area contributed by atoms with Gasteiger partial charge in [0.1, 0.15) is 18.1 Å². The number of rotatable bonds is 22. The summed E-state index contributed by atoms with van der Waals surface area (Å²) >= 11 is 1.55. The molecule has 1 rings (SSSR count). The van der Waals surface area contributed by atoms with Crippen LogP contribution in [0.3, 0.4) is 0 Å². The molecule has 0 aliphatic carbocycles. The number of hydrogen-bond donors (Lipinski definition) is 6. The third-order valence-electron chi connectivity index (χ3n) is 8.85. The first-order valence-corrected chi connectivity index (χ1v) is 19.3. The molecule has 48 heavy (non-hydrogen) atoms. The van der Waals surface area contributed by atoms with Crippen molar-refractivity contribution in [2.45, 2.75) is 125 Å². The molecule has 1 saturated heterocycles. The Bertz CT molecular complexity index is 1030. The summed E-state index contributed by atoms with van der Waals surface area (Å²) in [4.78, 5) is 67.9. The summed E-state index contributed by atoms with van der Waals surface area (Å²) in [6, 6.07) is -3.02. The van der Waals surface area contributed by atoms with E-state index in [4.69, 9.17) is 0 Å². The molecule has 0 saturated carbocycles. The molecule has 13 heteroatoms. The van der Waals surface area contributed by atoms with Gasteiger partial charge in [-0.3, -0.25) is 24.0 Å². The van der Waals surface area contributed by atoms with Crippen LogP contribution in [0.2, 0.25) is 0 Å². The Morgan fingerprint density at radius 1 is 0.833 bits per heavy atom. The van der Waals surface area contributed by atoms with Gasteiger partial charge in [-0.1, -0.05) is 61.8 Å². The second kappa shape index (κ2) is 22.4. The Morgan fingerprint density at radius 2 is 1.46 bits per heavy atom. The van der Waals surface area contributed by atoms with Gasteiger partial charge in [0.25, 0.3) is 0 Å². The maximum Gasteiger partial charge on any atom is 0.243 e. The molecule has 1 fully saturated rings. The third-order valence-corrected chi connectivity index (χ3v) is 9.49. The molecule has 0 unspecified atom stereocenters. The van der Waals surface area contributed by atoms with E-state index in [1.54, 1.807) is 11.8 Å². The summed E-state index contributed by atoms with van der Waals surface area (Å²) in [7, 11) is 0. The molecular weight excluding hydrogens is 632 g/mol. The molecule has 278 valence electrons. The fourth-order valence-corrected chi connectivity index (χ4v) is 6.66. The van der Waals surface area contributed by atoms with Crippen molar-refractivity contribution in [2.75, 3.05) is 38.2 Å². The maximum atomic E-state index is 13.8. The highest BCUT2D eigenvalue weighted by Crippen LogP contribution is 2.30. The van der Waals surface area contributed by atoms with Crippen molar-refractivity contribution in [3.8, 4) is 0 Å². The third kappa shape index (κ3) is 15.0. The first kappa shape index (κ1) is 43.6. The van der Waals surface area contributed by atoms with Gasteiger partial charge in [0.05, 0.1) is 18.1 Å². The van der Waals surface area contributed by atoms with Crippen LogP contribution in [0, 0.1) is 29.6 Å². The first-order valence-electron chi connectivity index (χ1n) is 17.9. The molecule has 0 aromatic carbocycles. The molecule has 0 bridgehead atoms. The molecule has 7 atom stereocenters. The number of hydrogen-bond acceptors (Lipinski definition) is 8. The minimum Gasteiger partial charge on any atom is -0.391 e. The van der Waals surface area contributed by atoms with Crippen molar-refractivity contribution in [3.63, 3.8) is 0 Å². The summed E-state index contributed by atoms with van der Waals surface area (Å²) in [6.45, 7) is 19.3. The van der Waals surface area contributed by atoms with Gasteiger partial charge in [-0.25, -0.2) is 0 Å². The second-order valence-corrected chi connectivity index (χ2v) is 15.4. The highest BCUT2D eigenvalue weighted by Gasteiger charge is 2.45. The summed E-state index contributed by atoms with van der Waals surface area (Å²) in [5, 5.41) is 26.4. The van der Waals surface area contributed by atoms with Crippen molar-refractivity contribution in [3.05, 3.63) is 0 Å². The van der Waals surface area contributed by atoms with Crippen LogP contribution < -0.4 is 26.6 Å². The van der Waals surface area contributed by atoms with Gasteiger partial charge in [0, 0.05) is 32.5 Å². The molecule has 0 aromatic rings. The van der Waals surface area contributed by atoms with E-state index in [1.165, 1.54) is 6.92 Å². The van der Waals surface area contributed by atoms with Crippen LogP contribution in [-0.2, 0) is 24.0 Å². The number of carbonyl (C=O) groups excluding carboxylic acids is 5. The zero-order chi connectivity index (χ0) is 36.6. The number of likely N-dealkylation sites (tertiary alicyclic amines) is 1. The van der Waals surface area contributed by atoms with Gasteiger partial charge < -0.3 is 36.6 Å². The van der Waals surface area contributed by atoms with Crippen molar-refractivity contribution in [2.24, 2.45) is 29.6 Å². The molecule has 0 aromatic heterocycles. The molecule has 1 aliphatic heterocycles. The van der Waals surface area contributed by atoms with E-state index in [-0.39, 0.29) is 35.5 Å². The molecule has 6 N–H and O–H groups in total. The summed E-state index contributed by atoms with van der Waals surface area (Å²) in [5.74, 6) is -1.99. The predicted molar refractivity (Wildman–Crippen MR) is 193 cm³/mol. The number of carbonyl (C=O) groups is 5. The van der Waals surface area contributed by atoms with Gasteiger partial charge in [-0.15, -0.1) is 0 Å². The standard InChI is InChI=1S/C35H66N6O6S/c1-11-13-15-36-35(47)30(23(7)8)40-32(44)26-20-41(12-2)19-25(26)31(43)28(17-21(3)4)39-33(45)27(14-16-48-10)38-34(46)29(18-22(5)6)37-24(9)42/h21-23,25-31,43H,11-20H2,1-10H3,(H,36,47)(H,37,42)(H,38,46)(H,39,45)(H,40,44)/t25-,26-,27+,28+,29+,30+,31+/m1/s1. The molecule has 1 heterocycles. The van der Waals surface area contributed by atoms with Crippen LogP contribution in [0.25, 0.3) is 0 Å². The van der Waals surface area contributed by atoms with Gasteiger partial charge in [-0.2, -0.15) is 11.8 Å². The number of unbranched alkanes of at least 4 members (excludes halogenated alkanes) is 1. The minimum atomic E-state index is -1.05. The summed E-state index contributed by atoms with van der Waals surface area (Å²) in [6.07, 6.45) is 3.92. The zero-order valence-corrected chi connectivity index (χ0v) is 32.0. The van der Waals surface area contributed by atoms with Crippen LogP contribution in [0.1, 0.15) is 94.4 Å². The van der Waals surface area contributed by atoms with Gasteiger partial charge in [-0.05, 0) is 62.0 Å². The van der Waals surface area contributed by atoms with Crippen LogP contribution in [0.5, 0.6) is 0 Å². The Hall–Kier alpha value is -2.38. The molecule has 5 amide bonds. The number of aliphatic hydroxyl groups is 1. The van der Waals surface area contributed by atoms with E-state index in [9.17, 15) is 29.1 Å². The second-order valence-electron chi connectivity index (χ2n) is 14.5. The minimum absolute atomic E-state index is 0.118. The van der Waals surface area contributed by atoms with Crippen LogP contribution in [0.4, 0.5) is 0 Å². The number of nitrogens with zero attached hydrogens (tertiary/aromatic N) is 1. The fraction of sp³-hybridized carbons (Fsp3) is 0.857. The van der Waals surface area contributed by atoms with Crippen molar-refractivity contribution in [1.29, 1.82) is 0 Å². The van der Waals surface area contributed by atoms with Crippen LogP contribution >= 0.6 is 11.8 Å². The topological polar surface area (TPSA) is 169 Å². The Balaban J connectivity index is 3.26. The van der Waals surface area contributed by atoms with E-state index in [0.717, 1.165) is 12.8 Å². The first-order chi connectivity index (χ1) is 22.6. The molecule has 1 aliphatic rings. The molecule has 0 spiro atoms. The average Bonchev–Trinajstić information content (AvgIpc) is 3.44. The van der Waals surface area contributed by atoms with Gasteiger partial charge in [0.2, 0.25) is 29.5 Å². The molecule has 12 nitrogen and oxygen atoms in total. The van der Waals surface area contributed by atoms with E-state index >= 15 is 0 Å². The normalized spacial score (nSPS) is 19.8. The van der Waals surface area contributed by atoms with Crippen molar-refractivity contribution < 1.29 is 29.1 Å². The smallest absolute Gasteiger partial charge is 0.243 e. The average molecular weight is 699 g/mol. The molecule has 0 radical (unpaired) electrons. The van der Waals surface area contributed by atoms with E-state index in [0.29, 0.717) is 51.2 Å². The lowest BCUT2D eigenvalue weighted by molar-refractivity contribution is -0.134. The van der Waals surface area contributed by atoms with E-state index < -0.39 is 53.9 Å². The molecular formula is C35H66N6O6S. The van der Waals surface area contributed by atoms with Gasteiger partial charge >= 0.3 is 0 Å². The number of thioether (sulfide) groups is 1. The quantitative estimate of drug-likeness (QED) is 0.0937. The summed E-state index contributed by atoms with van der Waals surface area (Å²) in [5.41, 5.74) is 0. The van der Waals surface area contributed by atoms with Crippen LogP contribution in [-0.4, -0.2) is 108 Å². The SMILES string of the molecule is CCCCNC(=O)[C@@H](NC(=O)[C@@H]1CN(CC)C[C@H]1[C@H](O)[C@H](CC(C)C)NC(=O)[C@H](CCSC)NC(=O)[C@H](CC(C)C)NC(C)=O)C(C)C. The van der Waals surface area contributed by atoms with E-state index in [2.05, 4.69) is 31.5 Å². The fourth-order valence-electron chi connectivity index (χ4n) is 6.19. The lowest BCUT2D eigenvalue weighted by atomic mass is 9.83. The van der Waals surface area contributed by atoms with Crippen molar-refractivity contribution in [1.82, 2.24) is 31.5 Å². The highest BCUT2D eigenvalue weighted by molar-refractivity contribution is 7.98. The largest absolute Gasteiger partial charge is 0.391 e. The number of aliphatic hydroxyl groups excluding tert-OH is 1. The van der Waals surface area contributed by atoms with Crippen LogP contribution in [0.15, 0.2) is 0 Å².